The van der Waals surface area contributed by atoms with E-state index in [0.717, 1.165) is 44.9 Å². The van der Waals surface area contributed by atoms with Gasteiger partial charge in [0, 0.05) is 12.3 Å². The molecular formula is C21H42O4. The van der Waals surface area contributed by atoms with Crippen LogP contribution in [0.3, 0.4) is 0 Å². The fourth-order valence-electron chi connectivity index (χ4n) is 3.18. The van der Waals surface area contributed by atoms with Gasteiger partial charge in [0.25, 0.3) is 0 Å². The molecule has 0 aromatic rings. The van der Waals surface area contributed by atoms with Crippen molar-refractivity contribution in [2.45, 2.75) is 124 Å². The highest BCUT2D eigenvalue weighted by Gasteiger charge is 2.50. The molecule has 0 radical (unpaired) electrons. The van der Waals surface area contributed by atoms with Crippen molar-refractivity contribution in [3.8, 4) is 0 Å². The minimum atomic E-state index is -0.841. The van der Waals surface area contributed by atoms with Crippen molar-refractivity contribution in [2.24, 2.45) is 11.3 Å². The summed E-state index contributed by atoms with van der Waals surface area (Å²) in [6.45, 7) is 19.4. The Balaban J connectivity index is 2.94. The van der Waals surface area contributed by atoms with E-state index in [4.69, 9.17) is 19.6 Å². The average molecular weight is 359 g/mol. The van der Waals surface area contributed by atoms with E-state index in [1.807, 2.05) is 0 Å². The third-order valence-corrected chi connectivity index (χ3v) is 6.52. The van der Waals surface area contributed by atoms with Crippen LogP contribution in [0, 0.1) is 11.3 Å². The Morgan fingerprint density at radius 2 is 1.20 bits per heavy atom. The van der Waals surface area contributed by atoms with E-state index in [1.165, 1.54) is 0 Å². The SMILES string of the molecule is CCC(C)(CC)OOC1(OOC(C)(CC)CC)CCC(C)(C)CC1C. The molecule has 1 aliphatic rings. The molecule has 1 atom stereocenters. The van der Waals surface area contributed by atoms with Gasteiger partial charge in [-0.25, -0.2) is 9.78 Å². The average Bonchev–Trinajstić information content (AvgIpc) is 2.59. The maximum Gasteiger partial charge on any atom is 0.236 e. The standard InChI is InChI=1S/C21H42O4/c1-10-19(8,11-2)22-24-21(25-23-20(9,12-3)13-4)15-14-18(6,7)16-17(21)5/h17H,10-16H2,1-9H3. The van der Waals surface area contributed by atoms with E-state index in [1.54, 1.807) is 0 Å². The van der Waals surface area contributed by atoms with Crippen molar-refractivity contribution >= 4 is 0 Å². The lowest BCUT2D eigenvalue weighted by Gasteiger charge is -2.47. The Hall–Kier alpha value is -0.160. The lowest BCUT2D eigenvalue weighted by Crippen LogP contribution is -2.51. The molecule has 25 heavy (non-hydrogen) atoms. The van der Waals surface area contributed by atoms with Crippen molar-refractivity contribution in [3.63, 3.8) is 0 Å². The monoisotopic (exact) mass is 358 g/mol. The van der Waals surface area contributed by atoms with E-state index >= 15 is 0 Å². The molecule has 0 amide bonds. The maximum absolute atomic E-state index is 6.06. The molecule has 1 unspecified atom stereocenters. The first-order valence-electron chi connectivity index (χ1n) is 10.2. The van der Waals surface area contributed by atoms with E-state index in [-0.39, 0.29) is 22.5 Å². The van der Waals surface area contributed by atoms with E-state index in [2.05, 4.69) is 62.3 Å². The minimum absolute atomic E-state index is 0.187. The predicted octanol–water partition coefficient (Wildman–Crippen LogP) is 6.58. The molecule has 4 nitrogen and oxygen atoms in total. The highest BCUT2D eigenvalue weighted by atomic mass is 17.3. The molecule has 0 N–H and O–H groups in total. The molecule has 0 aromatic carbocycles. The van der Waals surface area contributed by atoms with Crippen LogP contribution in [0.1, 0.15) is 107 Å². The van der Waals surface area contributed by atoms with Gasteiger partial charge in [-0.1, -0.05) is 48.5 Å². The molecule has 0 bridgehead atoms. The fourth-order valence-corrected chi connectivity index (χ4v) is 3.18. The molecule has 1 saturated carbocycles. The smallest absolute Gasteiger partial charge is 0.227 e. The third-order valence-electron chi connectivity index (χ3n) is 6.52. The summed E-state index contributed by atoms with van der Waals surface area (Å²) in [6.07, 6.45) is 6.37. The van der Waals surface area contributed by atoms with Gasteiger partial charge in [-0.2, -0.15) is 9.78 Å². The predicted molar refractivity (Wildman–Crippen MR) is 102 cm³/mol. The van der Waals surface area contributed by atoms with Crippen LogP contribution in [-0.4, -0.2) is 17.0 Å². The molecular weight excluding hydrogens is 316 g/mol. The summed E-state index contributed by atoms with van der Waals surface area (Å²) in [5.74, 6) is -0.653. The molecule has 4 heteroatoms. The highest BCUT2D eigenvalue weighted by Crippen LogP contribution is 2.47. The van der Waals surface area contributed by atoms with Crippen molar-refractivity contribution in [1.82, 2.24) is 0 Å². The molecule has 0 aliphatic heterocycles. The van der Waals surface area contributed by atoms with Crippen LogP contribution >= 0.6 is 0 Å². The maximum atomic E-state index is 6.06. The Labute approximate surface area is 155 Å². The number of hydrogen-bond acceptors (Lipinski definition) is 4. The van der Waals surface area contributed by atoms with Gasteiger partial charge in [-0.3, -0.25) is 0 Å². The van der Waals surface area contributed by atoms with Crippen molar-refractivity contribution < 1.29 is 19.6 Å². The van der Waals surface area contributed by atoms with Crippen LogP contribution < -0.4 is 0 Å². The summed E-state index contributed by atoms with van der Waals surface area (Å²) in [6, 6.07) is 0. The van der Waals surface area contributed by atoms with Gasteiger partial charge >= 0.3 is 0 Å². The zero-order valence-electron chi connectivity index (χ0n) is 18.2. The largest absolute Gasteiger partial charge is 0.236 e. The summed E-state index contributed by atoms with van der Waals surface area (Å²) < 4.78 is 0. The van der Waals surface area contributed by atoms with E-state index in [9.17, 15) is 0 Å². The summed E-state index contributed by atoms with van der Waals surface area (Å²) in [5.41, 5.74) is -0.322. The Kier molecular flexibility index (Phi) is 7.95. The molecule has 1 rings (SSSR count). The normalized spacial score (nSPS) is 23.6. The quantitative estimate of drug-likeness (QED) is 0.251. The van der Waals surface area contributed by atoms with Crippen LogP contribution in [-0.2, 0) is 19.6 Å². The van der Waals surface area contributed by atoms with Crippen LogP contribution in [0.2, 0.25) is 0 Å². The first-order valence-corrected chi connectivity index (χ1v) is 10.2. The summed E-state index contributed by atoms with van der Waals surface area (Å²) in [7, 11) is 0. The minimum Gasteiger partial charge on any atom is -0.227 e. The third kappa shape index (κ3) is 5.92. The molecule has 150 valence electrons. The van der Waals surface area contributed by atoms with Crippen LogP contribution in [0.25, 0.3) is 0 Å². The second-order valence-electron chi connectivity index (χ2n) is 9.23. The highest BCUT2D eigenvalue weighted by molar-refractivity contribution is 4.89. The van der Waals surface area contributed by atoms with Gasteiger partial charge in [0.1, 0.15) is 11.2 Å². The van der Waals surface area contributed by atoms with Crippen molar-refractivity contribution in [1.29, 1.82) is 0 Å². The second-order valence-corrected chi connectivity index (χ2v) is 9.23. The molecule has 0 spiro atoms. The van der Waals surface area contributed by atoms with Gasteiger partial charge in [0.2, 0.25) is 5.79 Å². The molecule has 1 aliphatic carbocycles. The molecule has 0 saturated heterocycles. The summed E-state index contributed by atoms with van der Waals surface area (Å²) in [5, 5.41) is 0. The zero-order valence-corrected chi connectivity index (χ0v) is 18.2. The number of rotatable bonds is 10. The van der Waals surface area contributed by atoms with Gasteiger partial charge in [0.05, 0.1) is 0 Å². The van der Waals surface area contributed by atoms with Gasteiger partial charge in [-0.15, -0.1) is 0 Å². The lowest BCUT2D eigenvalue weighted by atomic mass is 9.70. The fraction of sp³-hybridized carbons (Fsp3) is 1.00. The summed E-state index contributed by atoms with van der Waals surface area (Å²) >= 11 is 0. The lowest BCUT2D eigenvalue weighted by molar-refractivity contribution is -0.561. The van der Waals surface area contributed by atoms with Gasteiger partial charge < -0.3 is 0 Å². The van der Waals surface area contributed by atoms with Crippen molar-refractivity contribution in [2.75, 3.05) is 0 Å². The molecule has 0 aromatic heterocycles. The van der Waals surface area contributed by atoms with E-state index in [0.29, 0.717) is 0 Å². The van der Waals surface area contributed by atoms with E-state index < -0.39 is 5.79 Å². The molecule has 0 heterocycles. The number of hydrogen-bond donors (Lipinski definition) is 0. The Bertz CT molecular complexity index is 375. The topological polar surface area (TPSA) is 36.9 Å². The van der Waals surface area contributed by atoms with Crippen LogP contribution in [0.4, 0.5) is 0 Å². The molecule has 1 fully saturated rings. The van der Waals surface area contributed by atoms with Crippen LogP contribution in [0.5, 0.6) is 0 Å². The first kappa shape index (κ1) is 22.9. The second kappa shape index (κ2) is 8.69. The zero-order chi connectivity index (χ0) is 19.4. The van der Waals surface area contributed by atoms with Gasteiger partial charge in [0.15, 0.2) is 0 Å². The summed E-state index contributed by atoms with van der Waals surface area (Å²) in [4.78, 5) is 24.0. The van der Waals surface area contributed by atoms with Crippen molar-refractivity contribution in [3.05, 3.63) is 0 Å². The van der Waals surface area contributed by atoms with Gasteiger partial charge in [-0.05, 0) is 57.8 Å². The Morgan fingerprint density at radius 1 is 0.800 bits per heavy atom. The first-order chi connectivity index (χ1) is 11.5. The Morgan fingerprint density at radius 3 is 1.52 bits per heavy atom. The van der Waals surface area contributed by atoms with Crippen LogP contribution in [0.15, 0.2) is 0 Å².